The molecule has 1 aliphatic rings. The predicted molar refractivity (Wildman–Crippen MR) is 89.0 cm³/mol. The van der Waals surface area contributed by atoms with Crippen molar-refractivity contribution in [2.45, 2.75) is 77.1 Å². The fourth-order valence-electron chi connectivity index (χ4n) is 2.74. The molecule has 1 saturated carbocycles. The van der Waals surface area contributed by atoms with Crippen molar-refractivity contribution in [2.24, 2.45) is 0 Å². The minimum absolute atomic E-state index is 0.121. The van der Waals surface area contributed by atoms with Crippen LogP contribution in [0, 0.1) is 0 Å². The molecule has 0 saturated heterocycles. The molecule has 0 bridgehead atoms. The number of hydrogen-bond donors (Lipinski definition) is 2. The molecule has 2 N–H and O–H groups in total. The van der Waals surface area contributed by atoms with E-state index in [0.717, 1.165) is 31.5 Å². The van der Waals surface area contributed by atoms with Crippen LogP contribution in [0.4, 0.5) is 4.79 Å². The third kappa shape index (κ3) is 5.93. The van der Waals surface area contributed by atoms with Crippen molar-refractivity contribution in [3.63, 3.8) is 0 Å². The van der Waals surface area contributed by atoms with Gasteiger partial charge in [0.05, 0.1) is 11.2 Å². The van der Waals surface area contributed by atoms with Crippen molar-refractivity contribution in [1.29, 1.82) is 0 Å². The average Bonchev–Trinajstić information content (AvgIpc) is 2.83. The SMILES string of the molecule is CC(C)(C)OC(=O)NC1CCCCCC1NCc1cscn1. The summed E-state index contributed by atoms with van der Waals surface area (Å²) in [7, 11) is 0. The predicted octanol–water partition coefficient (Wildman–Crippen LogP) is 3.46. The number of nitrogens with one attached hydrogen (secondary N) is 2. The third-order valence-electron chi connectivity index (χ3n) is 3.75. The highest BCUT2D eigenvalue weighted by Crippen LogP contribution is 2.19. The Hall–Kier alpha value is -1.14. The molecule has 0 aliphatic heterocycles. The summed E-state index contributed by atoms with van der Waals surface area (Å²) in [5.74, 6) is 0. The first-order valence-corrected chi connectivity index (χ1v) is 8.98. The Morgan fingerprint density at radius 2 is 2.05 bits per heavy atom. The van der Waals surface area contributed by atoms with E-state index >= 15 is 0 Å². The molecule has 124 valence electrons. The minimum atomic E-state index is -0.460. The molecule has 1 heterocycles. The van der Waals surface area contributed by atoms with Crippen molar-refractivity contribution < 1.29 is 9.53 Å². The fourth-order valence-corrected chi connectivity index (χ4v) is 3.30. The molecule has 1 aromatic rings. The van der Waals surface area contributed by atoms with Crippen LogP contribution >= 0.6 is 11.3 Å². The van der Waals surface area contributed by atoms with Gasteiger partial charge in [-0.2, -0.15) is 0 Å². The molecule has 1 aliphatic carbocycles. The summed E-state index contributed by atoms with van der Waals surface area (Å²) in [6, 6.07) is 0.396. The van der Waals surface area contributed by atoms with Gasteiger partial charge in [0.1, 0.15) is 5.60 Å². The van der Waals surface area contributed by atoms with Gasteiger partial charge in [-0.25, -0.2) is 9.78 Å². The number of ether oxygens (including phenoxy) is 1. The standard InChI is InChI=1S/C16H27N3O2S/c1-16(2,3)21-15(20)19-14-8-6-4-5-7-13(14)17-9-12-10-22-11-18-12/h10-11,13-14,17H,4-9H2,1-3H3,(H,19,20). The van der Waals surface area contributed by atoms with Crippen LogP contribution in [0.5, 0.6) is 0 Å². The molecule has 1 amide bonds. The van der Waals surface area contributed by atoms with Gasteiger partial charge in [-0.15, -0.1) is 11.3 Å². The van der Waals surface area contributed by atoms with E-state index in [1.807, 2.05) is 26.3 Å². The van der Waals surface area contributed by atoms with E-state index in [0.29, 0.717) is 0 Å². The first kappa shape index (κ1) is 17.2. The zero-order chi connectivity index (χ0) is 16.0. The maximum atomic E-state index is 12.0. The number of amides is 1. The minimum Gasteiger partial charge on any atom is -0.444 e. The van der Waals surface area contributed by atoms with Crippen LogP contribution in [0.2, 0.25) is 0 Å². The van der Waals surface area contributed by atoms with Gasteiger partial charge >= 0.3 is 6.09 Å². The lowest BCUT2D eigenvalue weighted by molar-refractivity contribution is 0.0489. The second-order valence-electron chi connectivity index (χ2n) is 6.86. The maximum Gasteiger partial charge on any atom is 0.407 e. The molecule has 2 rings (SSSR count). The molecule has 2 atom stereocenters. The number of carbonyl (C=O) groups is 1. The van der Waals surface area contributed by atoms with Crippen LogP contribution < -0.4 is 10.6 Å². The average molecular weight is 325 g/mol. The van der Waals surface area contributed by atoms with Crippen LogP contribution in [0.15, 0.2) is 10.9 Å². The lowest BCUT2D eigenvalue weighted by atomic mass is 10.0. The largest absolute Gasteiger partial charge is 0.444 e. The summed E-state index contributed by atoms with van der Waals surface area (Å²) in [6.45, 7) is 6.41. The monoisotopic (exact) mass is 325 g/mol. The van der Waals surface area contributed by atoms with E-state index < -0.39 is 5.60 Å². The normalized spacial score (nSPS) is 22.9. The van der Waals surface area contributed by atoms with Crippen molar-refractivity contribution >= 4 is 17.4 Å². The summed E-state index contributed by atoms with van der Waals surface area (Å²) >= 11 is 1.61. The summed E-state index contributed by atoms with van der Waals surface area (Å²) < 4.78 is 5.39. The number of hydrogen-bond acceptors (Lipinski definition) is 5. The van der Waals surface area contributed by atoms with E-state index in [4.69, 9.17) is 4.74 Å². The zero-order valence-electron chi connectivity index (χ0n) is 13.7. The van der Waals surface area contributed by atoms with Crippen molar-refractivity contribution in [3.05, 3.63) is 16.6 Å². The fraction of sp³-hybridized carbons (Fsp3) is 0.750. The molecule has 0 radical (unpaired) electrons. The Morgan fingerprint density at radius 1 is 1.32 bits per heavy atom. The topological polar surface area (TPSA) is 63.2 Å². The van der Waals surface area contributed by atoms with Crippen LogP contribution in [0.1, 0.15) is 58.6 Å². The first-order valence-electron chi connectivity index (χ1n) is 8.04. The Balaban J connectivity index is 1.90. The molecule has 0 spiro atoms. The summed E-state index contributed by atoms with van der Waals surface area (Å²) in [5, 5.41) is 8.67. The Labute approximate surface area is 136 Å². The Kier molecular flexibility index (Phi) is 6.20. The number of aromatic nitrogens is 1. The van der Waals surface area contributed by atoms with Crippen LogP contribution in [-0.4, -0.2) is 28.8 Å². The van der Waals surface area contributed by atoms with E-state index in [1.54, 1.807) is 11.3 Å². The molecule has 2 unspecified atom stereocenters. The Morgan fingerprint density at radius 3 is 2.68 bits per heavy atom. The molecule has 22 heavy (non-hydrogen) atoms. The highest BCUT2D eigenvalue weighted by molar-refractivity contribution is 7.07. The molecule has 6 heteroatoms. The van der Waals surface area contributed by atoms with Crippen molar-refractivity contribution in [1.82, 2.24) is 15.6 Å². The Bertz CT molecular complexity index is 456. The van der Waals surface area contributed by atoms with E-state index in [9.17, 15) is 4.79 Å². The zero-order valence-corrected chi connectivity index (χ0v) is 14.5. The van der Waals surface area contributed by atoms with E-state index in [2.05, 4.69) is 21.0 Å². The summed E-state index contributed by atoms with van der Waals surface area (Å²) in [6.07, 6.45) is 5.32. The molecule has 5 nitrogen and oxygen atoms in total. The van der Waals surface area contributed by atoms with Crippen molar-refractivity contribution in [3.8, 4) is 0 Å². The number of nitrogens with zero attached hydrogens (tertiary/aromatic N) is 1. The number of thiazole rings is 1. The highest BCUT2D eigenvalue weighted by atomic mass is 32.1. The van der Waals surface area contributed by atoms with Gasteiger partial charge in [0, 0.05) is 24.0 Å². The van der Waals surface area contributed by atoms with Gasteiger partial charge in [-0.05, 0) is 33.6 Å². The van der Waals surface area contributed by atoms with Crippen LogP contribution in [-0.2, 0) is 11.3 Å². The molecular weight excluding hydrogens is 298 g/mol. The molecule has 1 aromatic heterocycles. The van der Waals surface area contributed by atoms with Gasteiger partial charge in [-0.3, -0.25) is 0 Å². The van der Waals surface area contributed by atoms with E-state index in [-0.39, 0.29) is 18.2 Å². The van der Waals surface area contributed by atoms with Crippen LogP contribution in [0.25, 0.3) is 0 Å². The second-order valence-corrected chi connectivity index (χ2v) is 7.58. The molecule has 1 fully saturated rings. The van der Waals surface area contributed by atoms with Gasteiger partial charge in [0.2, 0.25) is 0 Å². The smallest absolute Gasteiger partial charge is 0.407 e. The van der Waals surface area contributed by atoms with Gasteiger partial charge in [0.25, 0.3) is 0 Å². The van der Waals surface area contributed by atoms with E-state index in [1.165, 1.54) is 12.8 Å². The summed E-state index contributed by atoms with van der Waals surface area (Å²) in [4.78, 5) is 16.3. The summed E-state index contributed by atoms with van der Waals surface area (Å²) in [5.41, 5.74) is 2.45. The number of rotatable bonds is 4. The second kappa shape index (κ2) is 7.92. The first-order chi connectivity index (χ1) is 10.4. The lowest BCUT2D eigenvalue weighted by Gasteiger charge is -2.28. The molecule has 0 aromatic carbocycles. The number of carbonyl (C=O) groups excluding carboxylic acids is 1. The number of alkyl carbamates (subject to hydrolysis) is 1. The van der Waals surface area contributed by atoms with Gasteiger partial charge in [0.15, 0.2) is 0 Å². The molecular formula is C16H27N3O2S. The van der Waals surface area contributed by atoms with Gasteiger partial charge in [-0.1, -0.05) is 19.3 Å². The maximum absolute atomic E-state index is 12.0. The quantitative estimate of drug-likeness (QED) is 0.832. The lowest BCUT2D eigenvalue weighted by Crippen LogP contribution is -2.50. The highest BCUT2D eigenvalue weighted by Gasteiger charge is 2.27. The van der Waals surface area contributed by atoms with Crippen molar-refractivity contribution in [2.75, 3.05) is 0 Å². The van der Waals surface area contributed by atoms with Gasteiger partial charge < -0.3 is 15.4 Å². The van der Waals surface area contributed by atoms with Crippen LogP contribution in [0.3, 0.4) is 0 Å². The third-order valence-corrected chi connectivity index (χ3v) is 4.38.